The summed E-state index contributed by atoms with van der Waals surface area (Å²) in [4.78, 5) is 20.3. The fraction of sp³-hybridized carbons (Fsp3) is 0.185. The lowest BCUT2D eigenvalue weighted by atomic mass is 10.1. The van der Waals surface area contributed by atoms with Gasteiger partial charge in [0.1, 0.15) is 12.4 Å². The van der Waals surface area contributed by atoms with Gasteiger partial charge < -0.3 is 9.47 Å². The van der Waals surface area contributed by atoms with Gasteiger partial charge in [0.2, 0.25) is 0 Å². The molecule has 0 unspecified atom stereocenters. The number of carbonyl (C=O) groups excluding carboxylic acids is 1. The van der Waals surface area contributed by atoms with Gasteiger partial charge in [-0.15, -0.1) is 0 Å². The van der Waals surface area contributed by atoms with Crippen molar-refractivity contribution < 1.29 is 14.3 Å². The van der Waals surface area contributed by atoms with Crippen molar-refractivity contribution in [3.05, 3.63) is 98.3 Å². The van der Waals surface area contributed by atoms with E-state index in [9.17, 15) is 4.79 Å². The molecule has 0 bridgehead atoms. The summed E-state index contributed by atoms with van der Waals surface area (Å²) in [6.07, 6.45) is 1.86. The topological polar surface area (TPSA) is 51.1 Å². The third kappa shape index (κ3) is 6.98. The highest BCUT2D eigenvalue weighted by molar-refractivity contribution is 9.10. The second kappa shape index (κ2) is 12.4. The standard InChI is InChI=1S/C27H24BrClN2O3S/c1-2-33-15-14-31-26(32)25(35-27(31)30-23-6-4-3-5-7-23)17-20-16-21(28)10-13-24(20)34-18-19-8-11-22(29)12-9-19/h3-13,16-17H,2,14-15,18H2,1H3/b25-17-,30-27?. The van der Waals surface area contributed by atoms with Crippen molar-refractivity contribution in [3.63, 3.8) is 0 Å². The Labute approximate surface area is 222 Å². The minimum absolute atomic E-state index is 0.104. The molecule has 0 atom stereocenters. The van der Waals surface area contributed by atoms with Crippen LogP contribution in [0.1, 0.15) is 18.1 Å². The lowest BCUT2D eigenvalue weighted by Crippen LogP contribution is -2.32. The maximum atomic E-state index is 13.3. The van der Waals surface area contributed by atoms with Crippen LogP contribution >= 0.6 is 39.3 Å². The molecule has 0 N–H and O–H groups in total. The van der Waals surface area contributed by atoms with E-state index in [1.54, 1.807) is 4.90 Å². The summed E-state index contributed by atoms with van der Waals surface area (Å²) in [7, 11) is 0. The highest BCUT2D eigenvalue weighted by Gasteiger charge is 2.33. The normalized spacial score (nSPS) is 15.9. The highest BCUT2D eigenvalue weighted by atomic mass is 79.9. The number of ether oxygens (including phenoxy) is 2. The van der Waals surface area contributed by atoms with Gasteiger partial charge in [-0.1, -0.05) is 57.9 Å². The van der Waals surface area contributed by atoms with E-state index in [2.05, 4.69) is 15.9 Å². The molecule has 3 aromatic carbocycles. The summed E-state index contributed by atoms with van der Waals surface area (Å²) < 4.78 is 12.5. The number of carbonyl (C=O) groups is 1. The molecule has 1 heterocycles. The van der Waals surface area contributed by atoms with E-state index < -0.39 is 0 Å². The van der Waals surface area contributed by atoms with Gasteiger partial charge in [0.05, 0.1) is 23.7 Å². The van der Waals surface area contributed by atoms with Gasteiger partial charge in [-0.25, -0.2) is 4.99 Å². The number of thioether (sulfide) groups is 1. The van der Waals surface area contributed by atoms with Crippen LogP contribution in [0.25, 0.3) is 6.08 Å². The zero-order valence-electron chi connectivity index (χ0n) is 19.1. The van der Waals surface area contributed by atoms with Crippen LogP contribution < -0.4 is 4.74 Å². The molecule has 1 amide bonds. The van der Waals surface area contributed by atoms with Gasteiger partial charge in [-0.3, -0.25) is 9.69 Å². The SMILES string of the molecule is CCOCCN1C(=O)/C(=C/c2cc(Br)ccc2OCc2ccc(Cl)cc2)SC1=Nc1ccccc1. The van der Waals surface area contributed by atoms with Crippen molar-refractivity contribution in [2.24, 2.45) is 4.99 Å². The van der Waals surface area contributed by atoms with Crippen molar-refractivity contribution in [1.82, 2.24) is 4.90 Å². The average Bonchev–Trinajstić information content (AvgIpc) is 3.14. The van der Waals surface area contributed by atoms with Crippen LogP contribution in [0.5, 0.6) is 5.75 Å². The Balaban J connectivity index is 1.61. The van der Waals surface area contributed by atoms with E-state index in [1.165, 1.54) is 11.8 Å². The molecule has 4 rings (SSSR count). The lowest BCUT2D eigenvalue weighted by Gasteiger charge is -2.15. The van der Waals surface area contributed by atoms with Crippen LogP contribution in [-0.2, 0) is 16.1 Å². The predicted molar refractivity (Wildman–Crippen MR) is 147 cm³/mol. The van der Waals surface area contributed by atoms with Gasteiger partial charge in [-0.05, 0) is 72.8 Å². The minimum Gasteiger partial charge on any atom is -0.488 e. The number of halogens is 2. The van der Waals surface area contributed by atoms with Crippen molar-refractivity contribution in [2.45, 2.75) is 13.5 Å². The zero-order chi connectivity index (χ0) is 24.6. The first-order valence-corrected chi connectivity index (χ1v) is 13.1. The molecule has 0 saturated carbocycles. The number of amidine groups is 1. The maximum Gasteiger partial charge on any atom is 0.266 e. The summed E-state index contributed by atoms with van der Waals surface area (Å²) in [5, 5.41) is 1.31. The number of aliphatic imine (C=N–C) groups is 1. The summed E-state index contributed by atoms with van der Waals surface area (Å²) in [5.41, 5.74) is 2.59. The summed E-state index contributed by atoms with van der Waals surface area (Å²) in [5.74, 6) is 0.575. The quantitative estimate of drug-likeness (QED) is 0.199. The number of hydrogen-bond donors (Lipinski definition) is 0. The molecule has 1 aliphatic heterocycles. The fourth-order valence-electron chi connectivity index (χ4n) is 3.35. The number of amides is 1. The first kappa shape index (κ1) is 25.5. The molecular formula is C27H24BrClN2O3S. The molecule has 180 valence electrons. The lowest BCUT2D eigenvalue weighted by molar-refractivity contribution is -0.122. The van der Waals surface area contributed by atoms with E-state index in [-0.39, 0.29) is 5.91 Å². The predicted octanol–water partition coefficient (Wildman–Crippen LogP) is 7.32. The Morgan fingerprint density at radius 1 is 1.09 bits per heavy atom. The Morgan fingerprint density at radius 3 is 2.60 bits per heavy atom. The molecule has 0 radical (unpaired) electrons. The molecule has 1 fully saturated rings. The summed E-state index contributed by atoms with van der Waals surface area (Å²) >= 11 is 10.9. The monoisotopic (exact) mass is 570 g/mol. The van der Waals surface area contributed by atoms with Crippen LogP contribution in [-0.4, -0.2) is 35.7 Å². The Kier molecular flexibility index (Phi) is 9.04. The third-order valence-electron chi connectivity index (χ3n) is 5.10. The Hall–Kier alpha value is -2.58. The second-order valence-corrected chi connectivity index (χ2v) is 9.95. The highest BCUT2D eigenvalue weighted by Crippen LogP contribution is 2.36. The minimum atomic E-state index is -0.104. The van der Waals surface area contributed by atoms with E-state index in [0.717, 1.165) is 21.3 Å². The zero-order valence-corrected chi connectivity index (χ0v) is 22.3. The molecule has 8 heteroatoms. The molecule has 0 spiro atoms. The number of para-hydroxylation sites is 1. The fourth-order valence-corrected chi connectivity index (χ4v) is 4.87. The van der Waals surface area contributed by atoms with E-state index >= 15 is 0 Å². The first-order valence-electron chi connectivity index (χ1n) is 11.1. The Bertz CT molecular complexity index is 1230. The molecule has 0 aliphatic carbocycles. The molecule has 0 aromatic heterocycles. The van der Waals surface area contributed by atoms with Gasteiger partial charge in [0.15, 0.2) is 5.17 Å². The second-order valence-electron chi connectivity index (χ2n) is 7.59. The number of benzene rings is 3. The van der Waals surface area contributed by atoms with Crippen molar-refractivity contribution in [3.8, 4) is 5.75 Å². The van der Waals surface area contributed by atoms with E-state index in [4.69, 9.17) is 26.1 Å². The molecule has 1 aliphatic rings. The average molecular weight is 572 g/mol. The van der Waals surface area contributed by atoms with Crippen LogP contribution in [0.2, 0.25) is 5.02 Å². The molecular weight excluding hydrogens is 548 g/mol. The molecule has 1 saturated heterocycles. The smallest absolute Gasteiger partial charge is 0.266 e. The number of hydrogen-bond acceptors (Lipinski definition) is 5. The molecule has 5 nitrogen and oxygen atoms in total. The first-order chi connectivity index (χ1) is 17.0. The van der Waals surface area contributed by atoms with E-state index in [0.29, 0.717) is 47.2 Å². The summed E-state index contributed by atoms with van der Waals surface area (Å²) in [6.45, 7) is 3.79. The van der Waals surface area contributed by atoms with Gasteiger partial charge in [0.25, 0.3) is 5.91 Å². The number of nitrogens with zero attached hydrogens (tertiary/aromatic N) is 2. The van der Waals surface area contributed by atoms with E-state index in [1.807, 2.05) is 85.8 Å². The van der Waals surface area contributed by atoms with Crippen LogP contribution in [0.4, 0.5) is 5.69 Å². The maximum absolute atomic E-state index is 13.3. The third-order valence-corrected chi connectivity index (χ3v) is 6.85. The molecule has 3 aromatic rings. The Morgan fingerprint density at radius 2 is 1.86 bits per heavy atom. The van der Waals surface area contributed by atoms with Gasteiger partial charge in [0, 0.05) is 21.7 Å². The van der Waals surface area contributed by atoms with Gasteiger partial charge in [-0.2, -0.15) is 0 Å². The van der Waals surface area contributed by atoms with Crippen LogP contribution in [0, 0.1) is 0 Å². The van der Waals surface area contributed by atoms with Crippen molar-refractivity contribution >= 4 is 62.1 Å². The van der Waals surface area contributed by atoms with Crippen LogP contribution in [0.3, 0.4) is 0 Å². The van der Waals surface area contributed by atoms with Crippen molar-refractivity contribution in [2.75, 3.05) is 19.8 Å². The summed E-state index contributed by atoms with van der Waals surface area (Å²) in [6, 6.07) is 22.9. The number of rotatable bonds is 9. The van der Waals surface area contributed by atoms with Crippen LogP contribution in [0.15, 0.2) is 87.2 Å². The van der Waals surface area contributed by atoms with Crippen molar-refractivity contribution in [1.29, 1.82) is 0 Å². The largest absolute Gasteiger partial charge is 0.488 e. The van der Waals surface area contributed by atoms with Gasteiger partial charge >= 0.3 is 0 Å². The molecule has 35 heavy (non-hydrogen) atoms.